The molecule has 3 nitrogen and oxygen atoms in total. The number of carboxylic acid groups (broad SMARTS) is 1. The second-order valence-corrected chi connectivity index (χ2v) is 3.93. The van der Waals surface area contributed by atoms with Crippen molar-refractivity contribution < 1.29 is 9.90 Å². The van der Waals surface area contributed by atoms with Crippen LogP contribution in [-0.4, -0.2) is 34.6 Å². The summed E-state index contributed by atoms with van der Waals surface area (Å²) < 4.78 is 0. The molecule has 1 N–H and O–H groups in total. The summed E-state index contributed by atoms with van der Waals surface area (Å²) in [4.78, 5) is 12.6. The third kappa shape index (κ3) is 3.36. The van der Waals surface area contributed by atoms with Crippen LogP contribution in [0.15, 0.2) is 11.6 Å². The number of hydrogen-bond acceptors (Lipinski definition) is 2. The number of carboxylic acids is 1. The number of aliphatic carboxylic acids is 1. The third-order valence-corrected chi connectivity index (χ3v) is 2.18. The molecule has 0 aromatic carbocycles. The van der Waals surface area contributed by atoms with Crippen LogP contribution in [0, 0.1) is 0 Å². The molecule has 0 unspecified atom stereocenters. The maximum absolute atomic E-state index is 10.9. The summed E-state index contributed by atoms with van der Waals surface area (Å²) in [7, 11) is 0. The number of rotatable bonds is 5. The maximum atomic E-state index is 10.9. The van der Waals surface area contributed by atoms with E-state index in [0.29, 0.717) is 18.1 Å². The highest BCUT2D eigenvalue weighted by Crippen LogP contribution is 2.16. The lowest BCUT2D eigenvalue weighted by Gasteiger charge is -2.33. The fourth-order valence-corrected chi connectivity index (χ4v) is 1.19. The summed E-state index contributed by atoms with van der Waals surface area (Å²) in [6.07, 6.45) is 0. The molecule has 0 saturated heterocycles. The zero-order valence-electron chi connectivity index (χ0n) is 8.30. The highest BCUT2D eigenvalue weighted by atomic mass is 35.5. The molecule has 0 aromatic rings. The van der Waals surface area contributed by atoms with Gasteiger partial charge in [-0.15, -0.1) is 0 Å². The number of nitrogens with zero attached hydrogens (tertiary/aromatic N) is 1. The maximum Gasteiger partial charge on any atom is 0.323 e. The van der Waals surface area contributed by atoms with E-state index >= 15 is 0 Å². The average Bonchev–Trinajstić information content (AvgIpc) is 1.99. The van der Waals surface area contributed by atoms with Gasteiger partial charge in [-0.3, -0.25) is 9.69 Å². The topological polar surface area (TPSA) is 40.5 Å². The molecule has 0 aliphatic carbocycles. The largest absolute Gasteiger partial charge is 0.480 e. The van der Waals surface area contributed by atoms with E-state index in [1.807, 2.05) is 6.92 Å². The smallest absolute Gasteiger partial charge is 0.323 e. The first-order valence-corrected chi connectivity index (χ1v) is 4.51. The Morgan fingerprint density at radius 2 is 2.08 bits per heavy atom. The molecule has 0 atom stereocenters. The predicted octanol–water partition coefficient (Wildman–Crippen LogP) is 1.92. The highest BCUT2D eigenvalue weighted by molar-refractivity contribution is 6.29. The normalized spacial score (nSPS) is 11.8. The molecule has 76 valence electrons. The zero-order chi connectivity index (χ0) is 10.6. The Labute approximate surface area is 84.0 Å². The quantitative estimate of drug-likeness (QED) is 0.746. The summed E-state index contributed by atoms with van der Waals surface area (Å²) in [5.74, 6) is -0.854. The standard InChI is InChI=1S/C9H16ClNO2/c1-5-11(6-7(2)10)9(3,4)8(12)13/h2,5-6H2,1,3-4H3,(H,12,13). The Morgan fingerprint density at radius 3 is 2.31 bits per heavy atom. The molecule has 0 heterocycles. The van der Waals surface area contributed by atoms with Crippen LogP contribution in [0.5, 0.6) is 0 Å². The second kappa shape index (κ2) is 4.63. The number of hydrogen-bond donors (Lipinski definition) is 1. The van der Waals surface area contributed by atoms with Crippen molar-refractivity contribution in [3.63, 3.8) is 0 Å². The molecule has 0 spiro atoms. The van der Waals surface area contributed by atoms with Crippen LogP contribution < -0.4 is 0 Å². The Bertz CT molecular complexity index is 214. The summed E-state index contributed by atoms with van der Waals surface area (Å²) in [6, 6.07) is 0. The molecule has 0 amide bonds. The SMILES string of the molecule is C=C(Cl)CN(CC)C(C)(C)C(=O)O. The lowest BCUT2D eigenvalue weighted by molar-refractivity contribution is -0.148. The van der Waals surface area contributed by atoms with Crippen molar-refractivity contribution in [1.82, 2.24) is 4.90 Å². The van der Waals surface area contributed by atoms with Crippen molar-refractivity contribution in [3.05, 3.63) is 11.6 Å². The fraction of sp³-hybridized carbons (Fsp3) is 0.667. The van der Waals surface area contributed by atoms with Crippen molar-refractivity contribution in [2.24, 2.45) is 0 Å². The van der Waals surface area contributed by atoms with Gasteiger partial charge in [-0.2, -0.15) is 0 Å². The minimum Gasteiger partial charge on any atom is -0.480 e. The highest BCUT2D eigenvalue weighted by Gasteiger charge is 2.33. The molecule has 0 rings (SSSR count). The Morgan fingerprint density at radius 1 is 1.62 bits per heavy atom. The molecule has 0 bridgehead atoms. The van der Waals surface area contributed by atoms with Crippen molar-refractivity contribution >= 4 is 17.6 Å². The van der Waals surface area contributed by atoms with Gasteiger partial charge in [0.15, 0.2) is 0 Å². The fourth-order valence-electron chi connectivity index (χ4n) is 1.05. The summed E-state index contributed by atoms with van der Waals surface area (Å²) in [6.45, 7) is 9.77. The summed E-state index contributed by atoms with van der Waals surface area (Å²) >= 11 is 5.63. The van der Waals surface area contributed by atoms with Crippen molar-refractivity contribution in [1.29, 1.82) is 0 Å². The molecule has 0 aromatic heterocycles. The van der Waals surface area contributed by atoms with Crippen LogP contribution in [0.1, 0.15) is 20.8 Å². The molecular weight excluding hydrogens is 190 g/mol. The minimum absolute atomic E-state index is 0.400. The van der Waals surface area contributed by atoms with Crippen LogP contribution in [0.3, 0.4) is 0 Å². The van der Waals surface area contributed by atoms with Gasteiger partial charge in [0.1, 0.15) is 5.54 Å². The first-order chi connectivity index (χ1) is 5.82. The number of halogens is 1. The van der Waals surface area contributed by atoms with E-state index in [9.17, 15) is 4.79 Å². The van der Waals surface area contributed by atoms with Crippen molar-refractivity contribution in [2.75, 3.05) is 13.1 Å². The van der Waals surface area contributed by atoms with Gasteiger partial charge >= 0.3 is 5.97 Å². The lowest BCUT2D eigenvalue weighted by Crippen LogP contribution is -2.50. The second-order valence-electron chi connectivity index (χ2n) is 3.40. The van der Waals surface area contributed by atoms with E-state index in [4.69, 9.17) is 16.7 Å². The van der Waals surface area contributed by atoms with Crippen LogP contribution in [0.25, 0.3) is 0 Å². The van der Waals surface area contributed by atoms with Crippen LogP contribution >= 0.6 is 11.6 Å². The lowest BCUT2D eigenvalue weighted by atomic mass is 10.0. The molecule has 0 saturated carbocycles. The number of carbonyl (C=O) groups is 1. The van der Waals surface area contributed by atoms with Gasteiger partial charge in [0.2, 0.25) is 0 Å². The van der Waals surface area contributed by atoms with E-state index in [1.165, 1.54) is 0 Å². The molecule has 13 heavy (non-hydrogen) atoms. The van der Waals surface area contributed by atoms with Gasteiger partial charge in [0.25, 0.3) is 0 Å². The monoisotopic (exact) mass is 205 g/mol. The van der Waals surface area contributed by atoms with Gasteiger partial charge in [0.05, 0.1) is 0 Å². The molecule has 0 radical (unpaired) electrons. The minimum atomic E-state index is -0.896. The molecule has 0 aliphatic heterocycles. The van der Waals surface area contributed by atoms with E-state index in [1.54, 1.807) is 18.7 Å². The first-order valence-electron chi connectivity index (χ1n) is 4.14. The van der Waals surface area contributed by atoms with E-state index < -0.39 is 11.5 Å². The Kier molecular flexibility index (Phi) is 4.44. The van der Waals surface area contributed by atoms with Crippen LogP contribution in [-0.2, 0) is 4.79 Å². The van der Waals surface area contributed by atoms with E-state index in [0.717, 1.165) is 0 Å². The molecule has 4 heteroatoms. The predicted molar refractivity (Wildman–Crippen MR) is 54.0 cm³/mol. The van der Waals surface area contributed by atoms with Gasteiger partial charge in [0, 0.05) is 11.6 Å². The van der Waals surface area contributed by atoms with Gasteiger partial charge in [-0.25, -0.2) is 0 Å². The first kappa shape index (κ1) is 12.5. The Hall–Kier alpha value is -0.540. The molecule has 0 aliphatic rings. The van der Waals surface area contributed by atoms with Gasteiger partial charge in [-0.1, -0.05) is 25.1 Å². The zero-order valence-corrected chi connectivity index (χ0v) is 9.06. The van der Waals surface area contributed by atoms with E-state index in [2.05, 4.69) is 6.58 Å². The van der Waals surface area contributed by atoms with Crippen LogP contribution in [0.4, 0.5) is 0 Å². The number of likely N-dealkylation sites (N-methyl/N-ethyl adjacent to an activating group) is 1. The molecule has 0 fully saturated rings. The molecular formula is C9H16ClNO2. The van der Waals surface area contributed by atoms with Gasteiger partial charge in [-0.05, 0) is 20.4 Å². The Balaban J connectivity index is 4.55. The summed E-state index contributed by atoms with van der Waals surface area (Å²) in [5.41, 5.74) is -0.896. The van der Waals surface area contributed by atoms with E-state index in [-0.39, 0.29) is 0 Å². The van der Waals surface area contributed by atoms with Crippen molar-refractivity contribution in [3.8, 4) is 0 Å². The van der Waals surface area contributed by atoms with Crippen molar-refractivity contribution in [2.45, 2.75) is 26.3 Å². The third-order valence-electron chi connectivity index (χ3n) is 2.06. The van der Waals surface area contributed by atoms with Crippen LogP contribution in [0.2, 0.25) is 0 Å². The average molecular weight is 206 g/mol. The summed E-state index contributed by atoms with van der Waals surface area (Å²) in [5, 5.41) is 9.40. The van der Waals surface area contributed by atoms with Gasteiger partial charge < -0.3 is 5.11 Å².